The predicted octanol–water partition coefficient (Wildman–Crippen LogP) is -0.885. The topological polar surface area (TPSA) is 58.4 Å². The van der Waals surface area contributed by atoms with Crippen molar-refractivity contribution in [3.05, 3.63) is 24.2 Å². The van der Waals surface area contributed by atoms with Gasteiger partial charge in [0.1, 0.15) is 18.7 Å². The highest BCUT2D eigenvalue weighted by Gasteiger charge is 2.33. The molecule has 5 heteroatoms. The Morgan fingerprint density at radius 3 is 3.50 bits per heavy atom. The lowest BCUT2D eigenvalue weighted by Crippen LogP contribution is -2.81. The van der Waals surface area contributed by atoms with Crippen molar-refractivity contribution < 1.29 is 14.7 Å². The van der Waals surface area contributed by atoms with Crippen LogP contribution in [0.3, 0.4) is 0 Å². The lowest BCUT2D eigenvalue weighted by atomic mass is 10.1. The van der Waals surface area contributed by atoms with Gasteiger partial charge in [-0.3, -0.25) is 4.98 Å². The average molecular weight is 220 g/mol. The van der Waals surface area contributed by atoms with E-state index in [-0.39, 0.29) is 6.10 Å². The van der Waals surface area contributed by atoms with Gasteiger partial charge in [-0.1, -0.05) is 0 Å². The number of hydrogen-bond acceptors (Lipinski definition) is 2. The van der Waals surface area contributed by atoms with Gasteiger partial charge in [0.05, 0.1) is 18.6 Å². The molecule has 0 amide bonds. The molecule has 0 fully saturated rings. The number of quaternary nitrogens is 1. The quantitative estimate of drug-likeness (QED) is 0.645. The molecule has 3 N–H and O–H groups in total. The largest absolute Gasteiger partial charge is 0.355 e. The minimum atomic E-state index is 0.176. The minimum absolute atomic E-state index is 0.176. The third-order valence-corrected chi connectivity index (χ3v) is 3.03. The van der Waals surface area contributed by atoms with E-state index in [1.807, 2.05) is 12.4 Å². The Hall–Kier alpha value is -1.46. The molecule has 0 saturated heterocycles. The van der Waals surface area contributed by atoms with Crippen molar-refractivity contribution in [3.63, 3.8) is 0 Å². The van der Waals surface area contributed by atoms with Crippen molar-refractivity contribution in [2.24, 2.45) is 0 Å². The Labute approximate surface area is 93.4 Å². The number of nitrogens with two attached hydrogens (primary N) is 1. The highest BCUT2D eigenvalue weighted by molar-refractivity contribution is 5.79. The van der Waals surface area contributed by atoms with Gasteiger partial charge in [-0.25, -0.2) is 0 Å². The van der Waals surface area contributed by atoms with Gasteiger partial charge in [-0.2, -0.15) is 5.10 Å². The Morgan fingerprint density at radius 2 is 2.62 bits per heavy atom. The number of nitrogens with one attached hydrogen (secondary N) is 1. The molecule has 1 atom stereocenters. The van der Waals surface area contributed by atoms with Crippen molar-refractivity contribution in [1.29, 1.82) is 0 Å². The Morgan fingerprint density at radius 1 is 1.69 bits per heavy atom. The van der Waals surface area contributed by atoms with Crippen LogP contribution in [0.5, 0.6) is 0 Å². The van der Waals surface area contributed by atoms with Gasteiger partial charge in [0.2, 0.25) is 5.69 Å². The monoisotopic (exact) mass is 220 g/mol. The van der Waals surface area contributed by atoms with Crippen LogP contribution in [0.15, 0.2) is 18.5 Å². The predicted molar refractivity (Wildman–Crippen MR) is 57.7 cm³/mol. The summed E-state index contributed by atoms with van der Waals surface area (Å²) in [5.74, 6) is 0. The highest BCUT2D eigenvalue weighted by Crippen LogP contribution is 2.23. The Balaban J connectivity index is 2.16. The van der Waals surface area contributed by atoms with Crippen LogP contribution in [0.1, 0.15) is 11.8 Å². The molecule has 2 aromatic heterocycles. The second-order valence-electron chi connectivity index (χ2n) is 4.07. The first-order chi connectivity index (χ1) is 7.90. The van der Waals surface area contributed by atoms with E-state index in [9.17, 15) is 0 Å². The number of likely N-dealkylation sites (N-methyl/N-ethyl adjacent to an activating group) is 1. The van der Waals surface area contributed by atoms with Crippen molar-refractivity contribution >= 4 is 10.9 Å². The van der Waals surface area contributed by atoms with E-state index in [4.69, 9.17) is 4.74 Å². The number of nitrogens with zero attached hydrogens (tertiary/aromatic N) is 2. The first kappa shape index (κ1) is 9.74. The van der Waals surface area contributed by atoms with Crippen molar-refractivity contribution in [1.82, 2.24) is 10.1 Å². The van der Waals surface area contributed by atoms with Crippen molar-refractivity contribution in [3.8, 4) is 0 Å². The zero-order valence-corrected chi connectivity index (χ0v) is 9.31. The number of H-pyrrole nitrogens is 1. The molecule has 84 valence electrons. The molecule has 0 aromatic carbocycles. The van der Waals surface area contributed by atoms with Crippen LogP contribution >= 0.6 is 0 Å². The van der Waals surface area contributed by atoms with E-state index in [0.29, 0.717) is 0 Å². The van der Waals surface area contributed by atoms with Gasteiger partial charge in [0, 0.05) is 6.20 Å². The van der Waals surface area contributed by atoms with Crippen LogP contribution in [0.4, 0.5) is 0 Å². The molecular weight excluding hydrogens is 204 g/mol. The third kappa shape index (κ3) is 1.40. The number of rotatable bonds is 2. The molecule has 0 spiro atoms. The molecule has 0 aliphatic carbocycles. The molecular formula is C11H16N4O+2. The zero-order valence-electron chi connectivity index (χ0n) is 9.31. The molecule has 0 bridgehead atoms. The van der Waals surface area contributed by atoms with Gasteiger partial charge >= 0.3 is 0 Å². The van der Waals surface area contributed by atoms with Crippen LogP contribution < -0.4 is 10.00 Å². The molecule has 0 saturated carbocycles. The van der Waals surface area contributed by atoms with E-state index in [1.165, 1.54) is 11.1 Å². The summed E-state index contributed by atoms with van der Waals surface area (Å²) in [5, 5.41) is 6.74. The number of aromatic amines is 1. The third-order valence-electron chi connectivity index (χ3n) is 3.03. The first-order valence-corrected chi connectivity index (χ1v) is 5.65. The van der Waals surface area contributed by atoms with E-state index in [2.05, 4.69) is 33.2 Å². The lowest BCUT2D eigenvalue weighted by molar-refractivity contribution is -0.772. The maximum atomic E-state index is 5.82. The molecule has 1 aliphatic heterocycles. The number of aromatic nitrogens is 3. The van der Waals surface area contributed by atoms with Gasteiger partial charge in [0.25, 0.3) is 0 Å². The Kier molecular flexibility index (Phi) is 2.34. The van der Waals surface area contributed by atoms with E-state index >= 15 is 0 Å². The maximum absolute atomic E-state index is 5.82. The Bertz CT molecular complexity index is 508. The fraction of sp³-hybridized carbons (Fsp3) is 0.455. The van der Waals surface area contributed by atoms with Crippen LogP contribution in [-0.4, -0.2) is 30.3 Å². The van der Waals surface area contributed by atoms with Crippen LogP contribution in [0.25, 0.3) is 10.9 Å². The fourth-order valence-corrected chi connectivity index (χ4v) is 2.34. The molecule has 3 heterocycles. The molecule has 16 heavy (non-hydrogen) atoms. The summed E-state index contributed by atoms with van der Waals surface area (Å²) in [4.78, 5) is 4.13. The summed E-state index contributed by atoms with van der Waals surface area (Å²) in [6, 6.07) is 2.05. The summed E-state index contributed by atoms with van der Waals surface area (Å²) in [6.45, 7) is 2.62. The molecule has 5 nitrogen and oxygen atoms in total. The smallest absolute Gasteiger partial charge is 0.250 e. The number of hydrogen-bond donors (Lipinski definition) is 2. The fourth-order valence-electron chi connectivity index (χ4n) is 2.34. The molecule has 3 rings (SSSR count). The van der Waals surface area contributed by atoms with Crippen LogP contribution in [-0.2, 0) is 11.3 Å². The SMILES string of the molecule is C[NH2+]CC1OCC[n+]2[nH]c3cnccc3c21. The number of pyridine rings is 1. The van der Waals surface area contributed by atoms with Crippen molar-refractivity contribution in [2.45, 2.75) is 12.6 Å². The maximum Gasteiger partial charge on any atom is 0.250 e. The van der Waals surface area contributed by atoms with E-state index in [1.54, 1.807) is 0 Å². The van der Waals surface area contributed by atoms with Crippen LogP contribution in [0.2, 0.25) is 0 Å². The summed E-state index contributed by atoms with van der Waals surface area (Å²) < 4.78 is 8.00. The molecule has 1 aliphatic rings. The normalized spacial score (nSPS) is 19.9. The molecule has 1 unspecified atom stereocenters. The average Bonchev–Trinajstić information content (AvgIpc) is 2.68. The second kappa shape index (κ2) is 3.84. The lowest BCUT2D eigenvalue weighted by Gasteiger charge is -2.16. The molecule has 2 aromatic rings. The van der Waals surface area contributed by atoms with Gasteiger partial charge < -0.3 is 10.1 Å². The second-order valence-corrected chi connectivity index (χ2v) is 4.07. The van der Waals surface area contributed by atoms with Gasteiger partial charge in [0.15, 0.2) is 12.6 Å². The highest BCUT2D eigenvalue weighted by atomic mass is 16.5. The first-order valence-electron chi connectivity index (χ1n) is 5.65. The number of ether oxygens (including phenoxy) is 1. The number of fused-ring (bicyclic) bond motifs is 3. The van der Waals surface area contributed by atoms with Gasteiger partial charge in [-0.05, 0) is 6.07 Å². The summed E-state index contributed by atoms with van der Waals surface area (Å²) in [6.07, 6.45) is 3.88. The summed E-state index contributed by atoms with van der Waals surface area (Å²) >= 11 is 0. The van der Waals surface area contributed by atoms with E-state index in [0.717, 1.165) is 25.2 Å². The molecule has 0 radical (unpaired) electrons. The summed E-state index contributed by atoms with van der Waals surface area (Å²) in [7, 11) is 2.07. The minimum Gasteiger partial charge on any atom is -0.355 e. The summed E-state index contributed by atoms with van der Waals surface area (Å²) in [5.41, 5.74) is 2.34. The zero-order chi connectivity index (χ0) is 11.0. The van der Waals surface area contributed by atoms with Gasteiger partial charge in [-0.15, -0.1) is 4.68 Å². The van der Waals surface area contributed by atoms with Crippen LogP contribution in [0, 0.1) is 0 Å². The van der Waals surface area contributed by atoms with Crippen molar-refractivity contribution in [2.75, 3.05) is 20.2 Å². The van der Waals surface area contributed by atoms with E-state index < -0.39 is 0 Å². The standard InChI is InChI=1S/C11H14N4O/c1-12-7-10-11-8-2-3-13-6-9(8)14-15(11)4-5-16-10/h2-3,6,10,12H,4-5,7H2,1H3/p+2.